The summed E-state index contributed by atoms with van der Waals surface area (Å²) in [4.78, 5) is 0. The standard InChI is InChI=1S/C9H7F2N/c10-7-4-6-2-1-3-12-9(6)8(11)5-7/h1-2,4-5,12H,3H2. The van der Waals surface area contributed by atoms with Gasteiger partial charge in [-0.25, -0.2) is 8.78 Å². The summed E-state index contributed by atoms with van der Waals surface area (Å²) in [5.41, 5.74) is 0.956. The van der Waals surface area contributed by atoms with Crippen molar-refractivity contribution in [3.8, 4) is 0 Å². The SMILES string of the molecule is Fc1cc(F)c2c(c1)C=CCN2. The van der Waals surface area contributed by atoms with Crippen LogP contribution in [0, 0.1) is 11.6 Å². The summed E-state index contributed by atoms with van der Waals surface area (Å²) in [5, 5.41) is 2.83. The molecule has 0 spiro atoms. The maximum Gasteiger partial charge on any atom is 0.149 e. The number of benzene rings is 1. The minimum atomic E-state index is -0.542. The Morgan fingerprint density at radius 3 is 2.92 bits per heavy atom. The fourth-order valence-electron chi connectivity index (χ4n) is 1.26. The van der Waals surface area contributed by atoms with E-state index in [1.165, 1.54) is 6.07 Å². The molecular weight excluding hydrogens is 160 g/mol. The summed E-state index contributed by atoms with van der Waals surface area (Å²) in [7, 11) is 0. The molecule has 1 aliphatic rings. The van der Waals surface area contributed by atoms with Crippen LogP contribution in [-0.4, -0.2) is 6.54 Å². The van der Waals surface area contributed by atoms with E-state index in [0.29, 0.717) is 17.8 Å². The van der Waals surface area contributed by atoms with Crippen molar-refractivity contribution in [1.82, 2.24) is 0 Å². The Kier molecular flexibility index (Phi) is 1.57. The van der Waals surface area contributed by atoms with Gasteiger partial charge in [-0.1, -0.05) is 12.2 Å². The van der Waals surface area contributed by atoms with E-state index in [-0.39, 0.29) is 0 Å². The van der Waals surface area contributed by atoms with Gasteiger partial charge in [0.25, 0.3) is 0 Å². The zero-order valence-electron chi connectivity index (χ0n) is 6.27. The molecule has 1 aromatic rings. The Balaban J connectivity index is 2.62. The van der Waals surface area contributed by atoms with Gasteiger partial charge in [0.15, 0.2) is 0 Å². The fourth-order valence-corrected chi connectivity index (χ4v) is 1.26. The topological polar surface area (TPSA) is 12.0 Å². The van der Waals surface area contributed by atoms with Crippen LogP contribution in [0.5, 0.6) is 0 Å². The zero-order valence-corrected chi connectivity index (χ0v) is 6.27. The van der Waals surface area contributed by atoms with Crippen molar-refractivity contribution in [2.75, 3.05) is 11.9 Å². The van der Waals surface area contributed by atoms with Crippen molar-refractivity contribution in [2.24, 2.45) is 0 Å². The molecule has 0 radical (unpaired) electrons. The lowest BCUT2D eigenvalue weighted by Crippen LogP contribution is -2.06. The predicted molar refractivity (Wildman–Crippen MR) is 43.9 cm³/mol. The van der Waals surface area contributed by atoms with Crippen LogP contribution < -0.4 is 5.32 Å². The van der Waals surface area contributed by atoms with Crippen LogP contribution in [0.1, 0.15) is 5.56 Å². The van der Waals surface area contributed by atoms with Gasteiger partial charge < -0.3 is 5.32 Å². The first kappa shape index (κ1) is 7.28. The van der Waals surface area contributed by atoms with E-state index in [1.807, 2.05) is 6.08 Å². The fraction of sp³-hybridized carbons (Fsp3) is 0.111. The maximum atomic E-state index is 13.0. The second-order valence-corrected chi connectivity index (χ2v) is 2.64. The van der Waals surface area contributed by atoms with Crippen LogP contribution in [0.3, 0.4) is 0 Å². The van der Waals surface area contributed by atoms with Gasteiger partial charge in [0.2, 0.25) is 0 Å². The quantitative estimate of drug-likeness (QED) is 0.625. The molecule has 0 atom stereocenters. The summed E-state index contributed by atoms with van der Waals surface area (Å²) >= 11 is 0. The summed E-state index contributed by atoms with van der Waals surface area (Å²) < 4.78 is 25.6. The van der Waals surface area contributed by atoms with Crippen molar-refractivity contribution in [3.05, 3.63) is 35.4 Å². The van der Waals surface area contributed by atoms with E-state index in [2.05, 4.69) is 5.32 Å². The van der Waals surface area contributed by atoms with Gasteiger partial charge in [-0.3, -0.25) is 0 Å². The molecule has 62 valence electrons. The van der Waals surface area contributed by atoms with Gasteiger partial charge in [0.05, 0.1) is 5.69 Å². The van der Waals surface area contributed by atoms with E-state index >= 15 is 0 Å². The molecule has 12 heavy (non-hydrogen) atoms. The normalized spacial score (nSPS) is 13.8. The van der Waals surface area contributed by atoms with Gasteiger partial charge >= 0.3 is 0 Å². The predicted octanol–water partition coefficient (Wildman–Crippen LogP) is 2.40. The average molecular weight is 167 g/mol. The number of anilines is 1. The molecule has 3 heteroatoms. The lowest BCUT2D eigenvalue weighted by molar-refractivity contribution is 0.584. The lowest BCUT2D eigenvalue weighted by atomic mass is 10.1. The van der Waals surface area contributed by atoms with Crippen LogP contribution >= 0.6 is 0 Å². The summed E-state index contributed by atoms with van der Waals surface area (Å²) in [6, 6.07) is 2.19. The molecule has 0 unspecified atom stereocenters. The highest BCUT2D eigenvalue weighted by Crippen LogP contribution is 2.24. The molecule has 1 N–H and O–H groups in total. The third-order valence-corrected chi connectivity index (χ3v) is 1.78. The van der Waals surface area contributed by atoms with Crippen LogP contribution in [0.15, 0.2) is 18.2 Å². The van der Waals surface area contributed by atoms with Crippen LogP contribution in [0.2, 0.25) is 0 Å². The number of fused-ring (bicyclic) bond motifs is 1. The molecular formula is C9H7F2N. The highest BCUT2D eigenvalue weighted by atomic mass is 19.1. The van der Waals surface area contributed by atoms with Crippen molar-refractivity contribution in [3.63, 3.8) is 0 Å². The smallest absolute Gasteiger partial charge is 0.149 e. The van der Waals surface area contributed by atoms with Crippen LogP contribution in [0.25, 0.3) is 6.08 Å². The Bertz CT molecular complexity index is 345. The van der Waals surface area contributed by atoms with E-state index in [1.54, 1.807) is 6.08 Å². The Labute approximate surface area is 68.7 Å². The van der Waals surface area contributed by atoms with E-state index < -0.39 is 11.6 Å². The first-order valence-corrected chi connectivity index (χ1v) is 3.67. The van der Waals surface area contributed by atoms with Crippen LogP contribution in [0.4, 0.5) is 14.5 Å². The number of halogens is 2. The molecule has 0 amide bonds. The summed E-state index contributed by atoms with van der Waals surface area (Å²) in [6.07, 6.45) is 3.53. The minimum Gasteiger partial charge on any atom is -0.379 e. The zero-order chi connectivity index (χ0) is 8.55. The summed E-state index contributed by atoms with van der Waals surface area (Å²) in [6.45, 7) is 0.593. The first-order valence-electron chi connectivity index (χ1n) is 3.67. The third-order valence-electron chi connectivity index (χ3n) is 1.78. The molecule has 1 nitrogen and oxygen atoms in total. The van der Waals surface area contributed by atoms with Crippen molar-refractivity contribution in [1.29, 1.82) is 0 Å². The number of hydrogen-bond donors (Lipinski definition) is 1. The van der Waals surface area contributed by atoms with Crippen molar-refractivity contribution in [2.45, 2.75) is 0 Å². The minimum absolute atomic E-state index is 0.388. The van der Waals surface area contributed by atoms with Gasteiger partial charge in [0.1, 0.15) is 11.6 Å². The van der Waals surface area contributed by atoms with E-state index in [9.17, 15) is 8.78 Å². The Morgan fingerprint density at radius 1 is 1.25 bits per heavy atom. The Morgan fingerprint density at radius 2 is 2.08 bits per heavy atom. The third kappa shape index (κ3) is 1.07. The highest BCUT2D eigenvalue weighted by molar-refractivity contribution is 5.70. The second kappa shape index (κ2) is 2.59. The molecule has 1 heterocycles. The van der Waals surface area contributed by atoms with Gasteiger partial charge in [-0.15, -0.1) is 0 Å². The largest absolute Gasteiger partial charge is 0.379 e. The highest BCUT2D eigenvalue weighted by Gasteiger charge is 2.10. The van der Waals surface area contributed by atoms with E-state index in [4.69, 9.17) is 0 Å². The van der Waals surface area contributed by atoms with Crippen LogP contribution in [-0.2, 0) is 0 Å². The molecule has 0 aliphatic carbocycles. The number of nitrogens with one attached hydrogen (secondary N) is 1. The monoisotopic (exact) mass is 167 g/mol. The first-order chi connectivity index (χ1) is 5.77. The number of rotatable bonds is 0. The van der Waals surface area contributed by atoms with E-state index in [0.717, 1.165) is 6.07 Å². The molecule has 2 rings (SSSR count). The molecule has 0 bridgehead atoms. The molecule has 0 fully saturated rings. The molecule has 1 aliphatic heterocycles. The maximum absolute atomic E-state index is 13.0. The van der Waals surface area contributed by atoms with Gasteiger partial charge in [0, 0.05) is 18.2 Å². The van der Waals surface area contributed by atoms with Crippen molar-refractivity contribution >= 4 is 11.8 Å². The summed E-state index contributed by atoms with van der Waals surface area (Å²) in [5.74, 6) is -1.08. The molecule has 0 aromatic heterocycles. The molecule has 0 saturated heterocycles. The molecule has 0 saturated carbocycles. The van der Waals surface area contributed by atoms with Crippen molar-refractivity contribution < 1.29 is 8.78 Å². The average Bonchev–Trinajstić information content (AvgIpc) is 2.04. The molecule has 1 aromatic carbocycles. The lowest BCUT2D eigenvalue weighted by Gasteiger charge is -2.13. The Hall–Kier alpha value is -1.38. The number of hydrogen-bond acceptors (Lipinski definition) is 1. The van der Waals surface area contributed by atoms with Gasteiger partial charge in [-0.2, -0.15) is 0 Å². The second-order valence-electron chi connectivity index (χ2n) is 2.64. The van der Waals surface area contributed by atoms with Gasteiger partial charge in [-0.05, 0) is 6.07 Å².